The fraction of sp³-hybridized carbons (Fsp3) is 1.00. The number of aliphatic hydroxyl groups is 1. The average molecular weight is 256 g/mol. The Morgan fingerprint density at radius 2 is 2.11 bits per heavy atom. The van der Waals surface area contributed by atoms with Crippen molar-refractivity contribution in [3.63, 3.8) is 0 Å². The van der Waals surface area contributed by atoms with Crippen LogP contribution in [0.3, 0.4) is 0 Å². The van der Waals surface area contributed by atoms with Crippen molar-refractivity contribution in [2.24, 2.45) is 11.3 Å². The molecule has 108 valence electrons. The van der Waals surface area contributed by atoms with Gasteiger partial charge >= 0.3 is 0 Å². The number of likely N-dealkylation sites (N-methyl/N-ethyl adjacent to an activating group) is 1. The number of hydrogen-bond acceptors (Lipinski definition) is 3. The van der Waals surface area contributed by atoms with Crippen molar-refractivity contribution >= 4 is 0 Å². The van der Waals surface area contributed by atoms with Gasteiger partial charge in [-0.25, -0.2) is 0 Å². The van der Waals surface area contributed by atoms with E-state index in [0.717, 1.165) is 25.6 Å². The predicted molar refractivity (Wildman–Crippen MR) is 77.8 cm³/mol. The Kier molecular flexibility index (Phi) is 6.61. The highest BCUT2D eigenvalue weighted by atomic mass is 16.3. The zero-order valence-electron chi connectivity index (χ0n) is 12.7. The Balaban J connectivity index is 2.53. The summed E-state index contributed by atoms with van der Waals surface area (Å²) in [6.45, 7) is 10.3. The van der Waals surface area contributed by atoms with Crippen LogP contribution in [-0.2, 0) is 0 Å². The summed E-state index contributed by atoms with van der Waals surface area (Å²) in [6.07, 6.45) is 5.13. The van der Waals surface area contributed by atoms with Crippen LogP contribution < -0.4 is 5.32 Å². The Labute approximate surface area is 113 Å². The molecule has 0 heterocycles. The first-order valence-corrected chi connectivity index (χ1v) is 7.51. The van der Waals surface area contributed by atoms with Gasteiger partial charge in [0.15, 0.2) is 0 Å². The van der Waals surface area contributed by atoms with Crippen molar-refractivity contribution in [3.8, 4) is 0 Å². The third-order valence-electron chi connectivity index (χ3n) is 4.20. The van der Waals surface area contributed by atoms with Crippen molar-refractivity contribution in [2.75, 3.05) is 33.3 Å². The van der Waals surface area contributed by atoms with Crippen molar-refractivity contribution in [2.45, 2.75) is 52.5 Å². The van der Waals surface area contributed by atoms with Crippen LogP contribution in [-0.4, -0.2) is 49.3 Å². The van der Waals surface area contributed by atoms with E-state index in [-0.39, 0.29) is 6.61 Å². The van der Waals surface area contributed by atoms with Crippen LogP contribution in [0.2, 0.25) is 0 Å². The quantitative estimate of drug-likeness (QED) is 0.732. The molecule has 0 aromatic rings. The number of nitrogens with zero attached hydrogens (tertiary/aromatic N) is 1. The third-order valence-corrected chi connectivity index (χ3v) is 4.20. The Morgan fingerprint density at radius 1 is 1.39 bits per heavy atom. The minimum atomic E-state index is 0.264. The van der Waals surface area contributed by atoms with Crippen molar-refractivity contribution < 1.29 is 5.11 Å². The SMILES string of the molecule is CCCNC1CCC(C)(C)CC1CN(C)CCO. The fourth-order valence-electron chi connectivity index (χ4n) is 3.19. The molecule has 1 saturated carbocycles. The van der Waals surface area contributed by atoms with E-state index in [9.17, 15) is 0 Å². The highest BCUT2D eigenvalue weighted by Gasteiger charge is 2.34. The molecule has 0 radical (unpaired) electrons. The van der Waals surface area contributed by atoms with Crippen LogP contribution in [0.15, 0.2) is 0 Å². The first-order valence-electron chi connectivity index (χ1n) is 7.51. The Morgan fingerprint density at radius 3 is 2.72 bits per heavy atom. The second-order valence-corrected chi connectivity index (χ2v) is 6.71. The molecule has 1 fully saturated rings. The molecule has 1 rings (SSSR count). The first-order chi connectivity index (χ1) is 8.48. The lowest BCUT2D eigenvalue weighted by Crippen LogP contribution is -2.47. The summed E-state index contributed by atoms with van der Waals surface area (Å²) in [5, 5.41) is 12.7. The Bertz CT molecular complexity index is 231. The van der Waals surface area contributed by atoms with E-state index in [1.54, 1.807) is 0 Å². The minimum Gasteiger partial charge on any atom is -0.395 e. The van der Waals surface area contributed by atoms with Crippen LogP contribution in [0.25, 0.3) is 0 Å². The van der Waals surface area contributed by atoms with Gasteiger partial charge in [0.2, 0.25) is 0 Å². The maximum absolute atomic E-state index is 9.02. The predicted octanol–water partition coefficient (Wildman–Crippen LogP) is 2.11. The normalized spacial score (nSPS) is 27.7. The number of rotatable bonds is 7. The number of aliphatic hydroxyl groups excluding tert-OH is 1. The summed E-state index contributed by atoms with van der Waals surface area (Å²) in [7, 11) is 2.12. The highest BCUT2D eigenvalue weighted by Crippen LogP contribution is 2.38. The molecule has 2 atom stereocenters. The van der Waals surface area contributed by atoms with E-state index in [4.69, 9.17) is 5.11 Å². The summed E-state index contributed by atoms with van der Waals surface area (Å²) in [5.74, 6) is 0.719. The monoisotopic (exact) mass is 256 g/mol. The van der Waals surface area contributed by atoms with Gasteiger partial charge in [0, 0.05) is 19.1 Å². The zero-order valence-corrected chi connectivity index (χ0v) is 12.7. The topological polar surface area (TPSA) is 35.5 Å². The second kappa shape index (κ2) is 7.46. The van der Waals surface area contributed by atoms with Crippen LogP contribution in [0.5, 0.6) is 0 Å². The molecule has 0 aliphatic heterocycles. The molecule has 0 amide bonds. The van der Waals surface area contributed by atoms with Gasteiger partial charge in [0.05, 0.1) is 6.61 Å². The van der Waals surface area contributed by atoms with Gasteiger partial charge < -0.3 is 15.3 Å². The number of nitrogens with one attached hydrogen (secondary N) is 1. The average Bonchev–Trinajstić information content (AvgIpc) is 2.27. The maximum atomic E-state index is 9.02. The van der Waals surface area contributed by atoms with Crippen molar-refractivity contribution in [1.29, 1.82) is 0 Å². The molecule has 1 aliphatic carbocycles. The molecular formula is C15H32N2O. The molecule has 0 aromatic heterocycles. The van der Waals surface area contributed by atoms with E-state index >= 15 is 0 Å². The smallest absolute Gasteiger partial charge is 0.0558 e. The summed E-state index contributed by atoms with van der Waals surface area (Å²) < 4.78 is 0. The Hall–Kier alpha value is -0.120. The van der Waals surface area contributed by atoms with E-state index in [1.165, 1.54) is 25.7 Å². The van der Waals surface area contributed by atoms with Crippen molar-refractivity contribution in [3.05, 3.63) is 0 Å². The number of hydrogen-bond donors (Lipinski definition) is 2. The lowest BCUT2D eigenvalue weighted by atomic mass is 9.69. The molecule has 18 heavy (non-hydrogen) atoms. The zero-order chi connectivity index (χ0) is 13.6. The second-order valence-electron chi connectivity index (χ2n) is 6.71. The van der Waals surface area contributed by atoms with E-state index in [0.29, 0.717) is 11.5 Å². The third kappa shape index (κ3) is 5.25. The summed E-state index contributed by atoms with van der Waals surface area (Å²) in [4.78, 5) is 2.27. The maximum Gasteiger partial charge on any atom is 0.0558 e. The molecule has 2 N–H and O–H groups in total. The molecular weight excluding hydrogens is 224 g/mol. The van der Waals surface area contributed by atoms with Gasteiger partial charge in [-0.05, 0) is 50.6 Å². The lowest BCUT2D eigenvalue weighted by Gasteiger charge is -2.42. The molecule has 1 aliphatic rings. The molecule has 0 bridgehead atoms. The summed E-state index contributed by atoms with van der Waals surface area (Å²) >= 11 is 0. The summed E-state index contributed by atoms with van der Waals surface area (Å²) in [6, 6.07) is 0.666. The van der Waals surface area contributed by atoms with Gasteiger partial charge in [-0.2, -0.15) is 0 Å². The van der Waals surface area contributed by atoms with E-state index < -0.39 is 0 Å². The van der Waals surface area contributed by atoms with Crippen LogP contribution in [0.1, 0.15) is 46.5 Å². The molecule has 0 aromatic carbocycles. The van der Waals surface area contributed by atoms with Gasteiger partial charge in [-0.1, -0.05) is 20.8 Å². The van der Waals surface area contributed by atoms with E-state index in [2.05, 4.69) is 38.0 Å². The molecule has 3 heteroatoms. The van der Waals surface area contributed by atoms with Gasteiger partial charge in [-0.3, -0.25) is 0 Å². The van der Waals surface area contributed by atoms with E-state index in [1.807, 2.05) is 0 Å². The largest absolute Gasteiger partial charge is 0.395 e. The molecule has 3 nitrogen and oxygen atoms in total. The van der Waals surface area contributed by atoms with Crippen LogP contribution >= 0.6 is 0 Å². The summed E-state index contributed by atoms with van der Waals surface area (Å²) in [5.41, 5.74) is 0.481. The van der Waals surface area contributed by atoms with Crippen molar-refractivity contribution in [1.82, 2.24) is 10.2 Å². The van der Waals surface area contributed by atoms with Crippen LogP contribution in [0, 0.1) is 11.3 Å². The van der Waals surface area contributed by atoms with Gasteiger partial charge in [0.1, 0.15) is 0 Å². The van der Waals surface area contributed by atoms with Crippen LogP contribution in [0.4, 0.5) is 0 Å². The molecule has 0 spiro atoms. The van der Waals surface area contributed by atoms with Gasteiger partial charge in [0.25, 0.3) is 0 Å². The molecule has 0 saturated heterocycles. The fourth-order valence-corrected chi connectivity index (χ4v) is 3.19. The van der Waals surface area contributed by atoms with Gasteiger partial charge in [-0.15, -0.1) is 0 Å². The highest BCUT2D eigenvalue weighted by molar-refractivity contribution is 4.90. The minimum absolute atomic E-state index is 0.264. The lowest BCUT2D eigenvalue weighted by molar-refractivity contribution is 0.102. The first kappa shape index (κ1) is 15.9. The standard InChI is InChI=1S/C15H32N2O/c1-5-8-16-14-6-7-15(2,3)11-13(14)12-17(4)9-10-18/h13-14,16,18H,5-12H2,1-4H3. The molecule has 2 unspecified atom stereocenters.